The zero-order valence-corrected chi connectivity index (χ0v) is 14.0. The summed E-state index contributed by atoms with van der Waals surface area (Å²) < 4.78 is 19.1. The molecular weight excluding hydrogens is 319 g/mol. The first-order valence-corrected chi connectivity index (χ1v) is 8.73. The predicted octanol–water partition coefficient (Wildman–Crippen LogP) is 3.27. The molecule has 130 valence electrons. The lowest BCUT2D eigenvalue weighted by molar-refractivity contribution is 0.0601. The number of nitrogens with one attached hydrogen (secondary N) is 1. The molecule has 1 N–H and O–H groups in total. The third kappa shape index (κ3) is 3.24. The maximum Gasteiger partial charge on any atom is 0.410 e. The smallest absolute Gasteiger partial charge is 0.410 e. The Hall–Kier alpha value is -2.40. The van der Waals surface area contributed by atoms with E-state index in [1.165, 1.54) is 17.7 Å². The molecule has 1 saturated heterocycles. The van der Waals surface area contributed by atoms with Gasteiger partial charge in [-0.25, -0.2) is 9.18 Å². The molecule has 25 heavy (non-hydrogen) atoms. The Labute approximate surface area is 146 Å². The van der Waals surface area contributed by atoms with Gasteiger partial charge in [-0.05, 0) is 48.2 Å². The summed E-state index contributed by atoms with van der Waals surface area (Å²) in [5, 5.41) is 3.21. The standard InChI is InChI=1S/C20H21FN2O2/c21-16-7-5-15(6-8-16)19-18-4-2-1-3-14(18)10-12-23(19)20(24)25-17-9-11-22-13-17/h1-8,17,19,22H,9-13H2/t17-,19-/m0/s1. The average Bonchev–Trinajstić information content (AvgIpc) is 3.14. The average molecular weight is 340 g/mol. The fourth-order valence-corrected chi connectivity index (χ4v) is 3.71. The number of benzene rings is 2. The minimum absolute atomic E-state index is 0.0708. The Morgan fingerprint density at radius 3 is 2.72 bits per heavy atom. The zero-order valence-electron chi connectivity index (χ0n) is 14.0. The highest BCUT2D eigenvalue weighted by Crippen LogP contribution is 2.35. The first-order chi connectivity index (χ1) is 12.2. The maximum atomic E-state index is 13.4. The van der Waals surface area contributed by atoms with E-state index >= 15 is 0 Å². The fraction of sp³-hybridized carbons (Fsp3) is 0.350. The number of rotatable bonds is 2. The number of carbonyl (C=O) groups excluding carboxylic acids is 1. The fourth-order valence-electron chi connectivity index (χ4n) is 3.71. The second-order valence-corrected chi connectivity index (χ2v) is 6.59. The van der Waals surface area contributed by atoms with Gasteiger partial charge in [0.2, 0.25) is 0 Å². The largest absolute Gasteiger partial charge is 0.445 e. The second-order valence-electron chi connectivity index (χ2n) is 6.59. The predicted molar refractivity (Wildman–Crippen MR) is 92.9 cm³/mol. The van der Waals surface area contributed by atoms with Crippen molar-refractivity contribution in [2.75, 3.05) is 19.6 Å². The van der Waals surface area contributed by atoms with Crippen LogP contribution in [0.1, 0.15) is 29.2 Å². The Morgan fingerprint density at radius 1 is 1.16 bits per heavy atom. The number of hydrogen-bond acceptors (Lipinski definition) is 3. The van der Waals surface area contributed by atoms with Crippen molar-refractivity contribution < 1.29 is 13.9 Å². The van der Waals surface area contributed by atoms with Gasteiger partial charge in [0.15, 0.2) is 0 Å². The summed E-state index contributed by atoms with van der Waals surface area (Å²) in [5.41, 5.74) is 3.21. The Kier molecular flexibility index (Phi) is 4.40. The van der Waals surface area contributed by atoms with Crippen LogP contribution in [-0.4, -0.2) is 36.7 Å². The van der Waals surface area contributed by atoms with E-state index in [9.17, 15) is 9.18 Å². The normalized spacial score (nSPS) is 22.5. The third-order valence-electron chi connectivity index (χ3n) is 4.99. The van der Waals surface area contributed by atoms with Crippen LogP contribution in [0, 0.1) is 5.82 Å². The van der Waals surface area contributed by atoms with Crippen LogP contribution in [0.4, 0.5) is 9.18 Å². The van der Waals surface area contributed by atoms with Crippen LogP contribution in [-0.2, 0) is 11.2 Å². The summed E-state index contributed by atoms with van der Waals surface area (Å²) in [7, 11) is 0. The molecule has 0 saturated carbocycles. The molecule has 0 aliphatic carbocycles. The van der Waals surface area contributed by atoms with Gasteiger partial charge in [0.1, 0.15) is 11.9 Å². The van der Waals surface area contributed by atoms with Gasteiger partial charge >= 0.3 is 6.09 Å². The van der Waals surface area contributed by atoms with E-state index in [1.807, 2.05) is 18.2 Å². The minimum Gasteiger partial charge on any atom is -0.445 e. The number of halogens is 1. The van der Waals surface area contributed by atoms with Crippen LogP contribution in [0.2, 0.25) is 0 Å². The summed E-state index contributed by atoms with van der Waals surface area (Å²) >= 11 is 0. The van der Waals surface area contributed by atoms with Gasteiger partial charge in [0.25, 0.3) is 0 Å². The van der Waals surface area contributed by atoms with Crippen molar-refractivity contribution in [3.05, 3.63) is 71.0 Å². The number of ether oxygens (including phenoxy) is 1. The van der Waals surface area contributed by atoms with Gasteiger partial charge in [-0.1, -0.05) is 36.4 Å². The van der Waals surface area contributed by atoms with E-state index in [1.54, 1.807) is 17.0 Å². The number of amides is 1. The van der Waals surface area contributed by atoms with Crippen molar-refractivity contribution in [3.63, 3.8) is 0 Å². The quantitative estimate of drug-likeness (QED) is 0.912. The monoisotopic (exact) mass is 340 g/mol. The van der Waals surface area contributed by atoms with Crippen LogP contribution in [0.5, 0.6) is 0 Å². The number of carbonyl (C=O) groups is 1. The maximum absolute atomic E-state index is 13.4. The first kappa shape index (κ1) is 16.1. The molecule has 4 nitrogen and oxygen atoms in total. The Balaban J connectivity index is 1.67. The van der Waals surface area contributed by atoms with Crippen molar-refractivity contribution in [3.8, 4) is 0 Å². The van der Waals surface area contributed by atoms with Crippen molar-refractivity contribution >= 4 is 6.09 Å². The lowest BCUT2D eigenvalue weighted by Gasteiger charge is -2.37. The molecule has 2 aliphatic heterocycles. The van der Waals surface area contributed by atoms with Crippen molar-refractivity contribution in [2.24, 2.45) is 0 Å². The summed E-state index contributed by atoms with van der Waals surface area (Å²) in [5.74, 6) is -0.279. The highest BCUT2D eigenvalue weighted by atomic mass is 19.1. The molecule has 5 heteroatoms. The van der Waals surface area contributed by atoms with E-state index in [2.05, 4.69) is 11.4 Å². The van der Waals surface area contributed by atoms with Gasteiger partial charge in [-0.15, -0.1) is 0 Å². The minimum atomic E-state index is -0.294. The Bertz CT molecular complexity index is 757. The first-order valence-electron chi connectivity index (χ1n) is 8.73. The van der Waals surface area contributed by atoms with E-state index in [0.717, 1.165) is 30.5 Å². The molecular formula is C20H21FN2O2. The molecule has 2 heterocycles. The van der Waals surface area contributed by atoms with Crippen LogP contribution in [0.3, 0.4) is 0 Å². The van der Waals surface area contributed by atoms with E-state index in [-0.39, 0.29) is 24.1 Å². The van der Waals surface area contributed by atoms with E-state index < -0.39 is 0 Å². The van der Waals surface area contributed by atoms with Crippen molar-refractivity contribution in [1.29, 1.82) is 0 Å². The lowest BCUT2D eigenvalue weighted by atomic mass is 9.88. The van der Waals surface area contributed by atoms with Crippen LogP contribution < -0.4 is 5.32 Å². The van der Waals surface area contributed by atoms with Gasteiger partial charge in [-0.3, -0.25) is 4.90 Å². The zero-order chi connectivity index (χ0) is 17.2. The molecule has 1 fully saturated rings. The summed E-state index contributed by atoms with van der Waals surface area (Å²) in [4.78, 5) is 14.6. The number of nitrogens with zero attached hydrogens (tertiary/aromatic N) is 1. The summed E-state index contributed by atoms with van der Waals surface area (Å²) in [6.07, 6.45) is 1.28. The van der Waals surface area contributed by atoms with Gasteiger partial charge < -0.3 is 10.1 Å². The molecule has 1 amide bonds. The topological polar surface area (TPSA) is 41.6 Å². The highest BCUT2D eigenvalue weighted by Gasteiger charge is 2.34. The van der Waals surface area contributed by atoms with E-state index in [4.69, 9.17) is 4.74 Å². The second kappa shape index (κ2) is 6.84. The summed E-state index contributed by atoms with van der Waals surface area (Å²) in [6, 6.07) is 14.3. The van der Waals surface area contributed by atoms with Crippen molar-refractivity contribution in [2.45, 2.75) is 25.0 Å². The number of fused-ring (bicyclic) bond motifs is 1. The molecule has 2 aromatic rings. The third-order valence-corrected chi connectivity index (χ3v) is 4.99. The molecule has 0 spiro atoms. The number of hydrogen-bond donors (Lipinski definition) is 1. The SMILES string of the molecule is O=C(O[C@H]1CCNC1)N1CCc2ccccc2[C@@H]1c1ccc(F)cc1. The molecule has 2 atom stereocenters. The molecule has 2 aliphatic rings. The van der Waals surface area contributed by atoms with Crippen LogP contribution >= 0.6 is 0 Å². The van der Waals surface area contributed by atoms with Crippen LogP contribution in [0.15, 0.2) is 48.5 Å². The van der Waals surface area contributed by atoms with Crippen molar-refractivity contribution in [1.82, 2.24) is 10.2 Å². The summed E-state index contributed by atoms with van der Waals surface area (Å²) in [6.45, 7) is 2.18. The van der Waals surface area contributed by atoms with Gasteiger partial charge in [-0.2, -0.15) is 0 Å². The molecule has 0 unspecified atom stereocenters. The van der Waals surface area contributed by atoms with Crippen LogP contribution in [0.25, 0.3) is 0 Å². The Morgan fingerprint density at radius 2 is 1.96 bits per heavy atom. The molecule has 0 bridgehead atoms. The van der Waals surface area contributed by atoms with Gasteiger partial charge in [0, 0.05) is 13.1 Å². The van der Waals surface area contributed by atoms with Gasteiger partial charge in [0.05, 0.1) is 6.04 Å². The molecule has 0 radical (unpaired) electrons. The highest BCUT2D eigenvalue weighted by molar-refractivity contribution is 5.70. The van der Waals surface area contributed by atoms with E-state index in [0.29, 0.717) is 13.1 Å². The lowest BCUT2D eigenvalue weighted by Crippen LogP contribution is -2.42. The molecule has 4 rings (SSSR count). The molecule has 0 aromatic heterocycles. The molecule has 2 aromatic carbocycles.